The molecule has 5 rings (SSSR count). The highest BCUT2D eigenvalue weighted by atomic mass is 32.2. The maximum atomic E-state index is 12.9. The molecule has 0 radical (unpaired) electrons. The van der Waals surface area contributed by atoms with Crippen molar-refractivity contribution in [2.75, 3.05) is 19.3 Å². The molecule has 1 aliphatic carbocycles. The lowest BCUT2D eigenvalue weighted by molar-refractivity contribution is -0.121. The van der Waals surface area contributed by atoms with Crippen LogP contribution < -0.4 is 0 Å². The first-order chi connectivity index (χ1) is 17.4. The largest absolute Gasteiger partial charge is 0.360 e. The van der Waals surface area contributed by atoms with Crippen LogP contribution in [0.4, 0.5) is 0 Å². The highest BCUT2D eigenvalue weighted by Gasteiger charge is 2.34. The second kappa shape index (κ2) is 10.6. The molecule has 0 bridgehead atoms. The van der Waals surface area contributed by atoms with E-state index in [0.717, 1.165) is 78.3 Å². The number of nitrogens with zero attached hydrogens (tertiary/aromatic N) is 6. The van der Waals surface area contributed by atoms with Crippen molar-refractivity contribution in [1.29, 1.82) is 0 Å². The molecule has 2 aliphatic rings. The Morgan fingerprint density at radius 3 is 2.67 bits per heavy atom. The third kappa shape index (κ3) is 4.49. The van der Waals surface area contributed by atoms with Crippen molar-refractivity contribution in [2.45, 2.75) is 102 Å². The van der Waals surface area contributed by atoms with Crippen molar-refractivity contribution in [3.63, 3.8) is 0 Å². The molecule has 8 nitrogen and oxygen atoms in total. The smallest absolute Gasteiger partial charge is 0.185 e. The average molecular weight is 511 g/mol. The number of hydrogen-bond acceptors (Lipinski definition) is 8. The summed E-state index contributed by atoms with van der Waals surface area (Å²) in [5, 5.41) is 11.3. The Morgan fingerprint density at radius 1 is 1.17 bits per heavy atom. The van der Waals surface area contributed by atoms with Crippen molar-refractivity contribution >= 4 is 28.6 Å². The summed E-state index contributed by atoms with van der Waals surface area (Å²) in [6, 6.07) is 0.532. The number of hydrogen-bond donors (Lipinski definition) is 0. The van der Waals surface area contributed by atoms with E-state index in [-0.39, 0.29) is 17.7 Å². The van der Waals surface area contributed by atoms with Crippen LogP contribution in [0.3, 0.4) is 0 Å². The fraction of sp³-hybridized carbons (Fsp3) is 0.667. The van der Waals surface area contributed by atoms with Gasteiger partial charge in [0, 0.05) is 18.0 Å². The Labute approximate surface area is 217 Å². The van der Waals surface area contributed by atoms with Crippen molar-refractivity contribution in [1.82, 2.24) is 29.8 Å². The van der Waals surface area contributed by atoms with Gasteiger partial charge in [0.05, 0.1) is 23.0 Å². The molecule has 9 heteroatoms. The van der Waals surface area contributed by atoms with Gasteiger partial charge in [0.1, 0.15) is 10.8 Å². The average Bonchev–Trinajstić information content (AvgIpc) is 3.65. The van der Waals surface area contributed by atoms with Crippen molar-refractivity contribution in [2.24, 2.45) is 0 Å². The van der Waals surface area contributed by atoms with Gasteiger partial charge in [-0.1, -0.05) is 18.5 Å². The van der Waals surface area contributed by atoms with E-state index in [2.05, 4.69) is 35.5 Å². The summed E-state index contributed by atoms with van der Waals surface area (Å²) in [5.74, 6) is 1.37. The third-order valence-electron chi connectivity index (χ3n) is 8.12. The summed E-state index contributed by atoms with van der Waals surface area (Å²) in [6.07, 6.45) is 9.71. The van der Waals surface area contributed by atoms with Gasteiger partial charge in [-0.25, -0.2) is 14.6 Å². The number of carbonyl (C=O) groups excluding carboxylic acids is 1. The van der Waals surface area contributed by atoms with Crippen LogP contribution in [0, 0.1) is 6.92 Å². The lowest BCUT2D eigenvalue weighted by Crippen LogP contribution is -2.36. The van der Waals surface area contributed by atoms with E-state index in [1.807, 2.05) is 13.2 Å². The van der Waals surface area contributed by atoms with Gasteiger partial charge in [-0.05, 0) is 78.6 Å². The van der Waals surface area contributed by atoms with E-state index in [1.54, 1.807) is 11.8 Å². The first-order valence-corrected chi connectivity index (χ1v) is 14.7. The molecule has 0 N–H and O–H groups in total. The van der Waals surface area contributed by atoms with Crippen LogP contribution in [-0.4, -0.2) is 61.0 Å². The normalized spacial score (nSPS) is 20.1. The maximum absolute atomic E-state index is 12.9. The van der Waals surface area contributed by atoms with Gasteiger partial charge < -0.3 is 4.52 Å². The third-order valence-corrected chi connectivity index (χ3v) is 8.80. The zero-order chi connectivity index (χ0) is 25.4. The summed E-state index contributed by atoms with van der Waals surface area (Å²) in [5.41, 5.74) is 3.48. The van der Waals surface area contributed by atoms with Gasteiger partial charge in [-0.15, -0.1) is 11.8 Å². The Hall–Kier alpha value is -2.26. The first kappa shape index (κ1) is 25.4. The number of aromatic nitrogens is 5. The van der Waals surface area contributed by atoms with Crippen LogP contribution in [0.2, 0.25) is 0 Å². The minimum atomic E-state index is -0.195. The van der Waals surface area contributed by atoms with E-state index >= 15 is 0 Å². The lowest BCUT2D eigenvalue weighted by atomic mass is 9.83. The predicted octanol–water partition coefficient (Wildman–Crippen LogP) is 5.74. The first-order valence-electron chi connectivity index (χ1n) is 13.5. The fourth-order valence-electron chi connectivity index (χ4n) is 5.83. The number of unbranched alkanes of at least 4 members (excludes halogenated alkanes) is 1. The Kier molecular flexibility index (Phi) is 7.49. The standard InChI is InChI=1S/C27H38N6O2S/c1-6-7-13-21(34)19-11-10-12-20-23(31-35-24(19)20)25-28-26-22(27(29-25)36-5)16(2)30-33(26)18(4)17(3)32-14-8-9-15-32/h17-19H,6-15H2,1-5H3/t17-,18-,19+/m0/s1. The molecule has 0 aromatic carbocycles. The fourth-order valence-corrected chi connectivity index (χ4v) is 6.45. The molecular weight excluding hydrogens is 472 g/mol. The SMILES string of the molecule is CCCCC(=O)[C@H]1CCCc2c(-c3nc(SC)c4c(C)nn([C@@H](C)[C@H](C)N5CCCC5)c4n3)noc21. The van der Waals surface area contributed by atoms with Crippen LogP contribution in [-0.2, 0) is 11.2 Å². The lowest BCUT2D eigenvalue weighted by Gasteiger charge is -2.29. The van der Waals surface area contributed by atoms with Gasteiger partial charge in [-0.3, -0.25) is 9.69 Å². The summed E-state index contributed by atoms with van der Waals surface area (Å²) >= 11 is 1.61. The number of thioether (sulfide) groups is 1. The quantitative estimate of drug-likeness (QED) is 0.266. The minimum Gasteiger partial charge on any atom is -0.360 e. The van der Waals surface area contributed by atoms with Crippen LogP contribution in [0.25, 0.3) is 22.6 Å². The number of aryl methyl sites for hydroxylation is 1. The second-order valence-corrected chi connectivity index (χ2v) is 11.2. The molecule has 0 spiro atoms. The van der Waals surface area contributed by atoms with Crippen LogP contribution in [0.1, 0.15) is 94.7 Å². The zero-order valence-electron chi connectivity index (χ0n) is 22.2. The molecular formula is C27H38N6O2S. The van der Waals surface area contributed by atoms with Gasteiger partial charge in [0.15, 0.2) is 22.9 Å². The Bertz CT molecular complexity index is 1240. The van der Waals surface area contributed by atoms with E-state index in [9.17, 15) is 4.79 Å². The van der Waals surface area contributed by atoms with Gasteiger partial charge >= 0.3 is 0 Å². The molecule has 0 saturated carbocycles. The maximum Gasteiger partial charge on any atom is 0.185 e. The monoisotopic (exact) mass is 510 g/mol. The van der Waals surface area contributed by atoms with E-state index in [1.165, 1.54) is 12.8 Å². The molecule has 194 valence electrons. The van der Waals surface area contributed by atoms with Gasteiger partial charge in [0.25, 0.3) is 0 Å². The Balaban J connectivity index is 1.56. The van der Waals surface area contributed by atoms with Crippen LogP contribution in [0.5, 0.6) is 0 Å². The summed E-state index contributed by atoms with van der Waals surface area (Å²) in [7, 11) is 0. The molecule has 0 unspecified atom stereocenters. The predicted molar refractivity (Wildman–Crippen MR) is 143 cm³/mol. The minimum absolute atomic E-state index is 0.170. The van der Waals surface area contributed by atoms with E-state index in [4.69, 9.17) is 19.6 Å². The van der Waals surface area contributed by atoms with E-state index in [0.29, 0.717) is 24.0 Å². The Morgan fingerprint density at radius 2 is 1.94 bits per heavy atom. The van der Waals surface area contributed by atoms with Crippen LogP contribution in [0.15, 0.2) is 9.55 Å². The highest BCUT2D eigenvalue weighted by Crippen LogP contribution is 2.39. The zero-order valence-corrected chi connectivity index (χ0v) is 23.0. The molecule has 3 atom stereocenters. The summed E-state index contributed by atoms with van der Waals surface area (Å²) in [4.78, 5) is 25.4. The van der Waals surface area contributed by atoms with Crippen molar-refractivity contribution in [3.05, 3.63) is 17.0 Å². The number of fused-ring (bicyclic) bond motifs is 2. The van der Waals surface area contributed by atoms with Crippen LogP contribution >= 0.6 is 11.8 Å². The van der Waals surface area contributed by atoms with E-state index < -0.39 is 0 Å². The number of ketones is 1. The summed E-state index contributed by atoms with van der Waals surface area (Å²) in [6.45, 7) is 11.0. The number of likely N-dealkylation sites (tertiary alicyclic amines) is 1. The molecule has 1 fully saturated rings. The molecule has 36 heavy (non-hydrogen) atoms. The van der Waals surface area contributed by atoms with Gasteiger partial charge in [0.2, 0.25) is 0 Å². The topological polar surface area (TPSA) is 89.9 Å². The molecule has 1 aliphatic heterocycles. The highest BCUT2D eigenvalue weighted by molar-refractivity contribution is 7.98. The van der Waals surface area contributed by atoms with Crippen molar-refractivity contribution < 1.29 is 9.32 Å². The molecule has 4 heterocycles. The number of carbonyl (C=O) groups is 1. The number of Topliss-reactive ketones (excluding diaryl/α,β-unsaturated/α-hetero) is 1. The second-order valence-electron chi connectivity index (χ2n) is 10.4. The summed E-state index contributed by atoms with van der Waals surface area (Å²) < 4.78 is 7.93. The molecule has 1 saturated heterocycles. The number of rotatable bonds is 9. The van der Waals surface area contributed by atoms with Gasteiger partial charge in [-0.2, -0.15) is 5.10 Å². The molecule has 3 aromatic heterocycles. The molecule has 3 aromatic rings. The molecule has 0 amide bonds. The van der Waals surface area contributed by atoms with Crippen molar-refractivity contribution in [3.8, 4) is 11.5 Å².